The van der Waals surface area contributed by atoms with Gasteiger partial charge in [0.25, 0.3) is 0 Å². The van der Waals surface area contributed by atoms with Crippen molar-refractivity contribution in [3.63, 3.8) is 0 Å². The van der Waals surface area contributed by atoms with Gasteiger partial charge >= 0.3 is 0 Å². The lowest BCUT2D eigenvalue weighted by atomic mass is 9.90. The number of thiazole rings is 1. The summed E-state index contributed by atoms with van der Waals surface area (Å²) in [6.45, 7) is 8.72. The van der Waals surface area contributed by atoms with Gasteiger partial charge in [-0.25, -0.2) is 4.98 Å². The van der Waals surface area contributed by atoms with E-state index in [2.05, 4.69) is 45.1 Å². The molecule has 0 saturated carbocycles. The molecule has 1 N–H and O–H groups in total. The number of hydrogen-bond donors (Lipinski definition) is 1. The average molecular weight is 281 g/mol. The van der Waals surface area contributed by atoms with E-state index < -0.39 is 0 Å². The van der Waals surface area contributed by atoms with E-state index in [1.54, 1.807) is 0 Å². The van der Waals surface area contributed by atoms with Crippen LogP contribution in [0.1, 0.15) is 55.1 Å². The number of fused-ring (bicyclic) bond motifs is 1. The van der Waals surface area contributed by atoms with E-state index in [9.17, 15) is 0 Å². The second-order valence-corrected chi connectivity index (χ2v) is 8.04. The summed E-state index contributed by atoms with van der Waals surface area (Å²) in [5, 5.41) is 4.91. The van der Waals surface area contributed by atoms with E-state index in [0.717, 1.165) is 13.1 Å². The molecule has 0 spiro atoms. The second kappa shape index (κ2) is 5.90. The fourth-order valence-corrected chi connectivity index (χ4v) is 3.84. The minimum Gasteiger partial charge on any atom is -0.311 e. The van der Waals surface area contributed by atoms with Crippen molar-refractivity contribution in [1.29, 1.82) is 0 Å². The highest BCUT2D eigenvalue weighted by atomic mass is 32.1. The normalized spacial score (nSPS) is 19.8. The van der Waals surface area contributed by atoms with Crippen molar-refractivity contribution in [2.24, 2.45) is 0 Å². The first-order valence-corrected chi connectivity index (χ1v) is 8.05. The summed E-state index contributed by atoms with van der Waals surface area (Å²) in [5.41, 5.74) is 1.57. The van der Waals surface area contributed by atoms with Crippen molar-refractivity contribution in [2.45, 2.75) is 58.0 Å². The molecule has 108 valence electrons. The van der Waals surface area contributed by atoms with Crippen LogP contribution in [0.25, 0.3) is 0 Å². The molecule has 1 aliphatic rings. The topological polar surface area (TPSA) is 28.2 Å². The predicted octanol–water partition coefficient (Wildman–Crippen LogP) is 3.01. The zero-order valence-corrected chi connectivity index (χ0v) is 13.7. The fourth-order valence-electron chi connectivity index (χ4n) is 2.52. The van der Waals surface area contributed by atoms with Crippen molar-refractivity contribution in [1.82, 2.24) is 15.2 Å². The number of nitrogens with one attached hydrogen (secondary N) is 1. The van der Waals surface area contributed by atoms with Crippen LogP contribution >= 0.6 is 11.3 Å². The highest BCUT2D eigenvalue weighted by Crippen LogP contribution is 2.34. The van der Waals surface area contributed by atoms with Crippen LogP contribution in [0.3, 0.4) is 0 Å². The molecule has 0 aromatic carbocycles. The fraction of sp³-hybridized carbons (Fsp3) is 0.800. The van der Waals surface area contributed by atoms with E-state index in [0.29, 0.717) is 5.92 Å². The number of nitrogens with zero attached hydrogens (tertiary/aromatic N) is 2. The number of rotatable bonds is 4. The third-order valence-electron chi connectivity index (χ3n) is 3.45. The first-order valence-electron chi connectivity index (χ1n) is 7.23. The lowest BCUT2D eigenvalue weighted by Crippen LogP contribution is -2.39. The summed E-state index contributed by atoms with van der Waals surface area (Å²) >= 11 is 1.92. The number of aryl methyl sites for hydroxylation is 1. The Hall–Kier alpha value is -0.450. The lowest BCUT2D eigenvalue weighted by molar-refractivity contribution is 0.385. The third-order valence-corrected chi connectivity index (χ3v) is 4.56. The maximum atomic E-state index is 4.91. The molecule has 1 aliphatic carbocycles. The smallest absolute Gasteiger partial charge is 0.107 e. The molecular formula is C15H27N3S. The number of hydrogen-bond acceptors (Lipinski definition) is 4. The van der Waals surface area contributed by atoms with Crippen LogP contribution in [-0.4, -0.2) is 36.1 Å². The summed E-state index contributed by atoms with van der Waals surface area (Å²) in [7, 11) is 4.22. The molecule has 2 rings (SSSR count). The molecule has 1 aromatic rings. The Morgan fingerprint density at radius 1 is 1.37 bits per heavy atom. The lowest BCUT2D eigenvalue weighted by Gasteiger charge is -2.27. The van der Waals surface area contributed by atoms with Crippen LogP contribution in [0.2, 0.25) is 0 Å². The minimum absolute atomic E-state index is 0.195. The molecule has 1 atom stereocenters. The molecule has 0 bridgehead atoms. The Balaban J connectivity index is 2.08. The van der Waals surface area contributed by atoms with Crippen LogP contribution in [0.5, 0.6) is 0 Å². The van der Waals surface area contributed by atoms with Gasteiger partial charge in [-0.05, 0) is 54.1 Å². The van der Waals surface area contributed by atoms with E-state index in [1.807, 2.05) is 11.3 Å². The molecule has 0 amide bonds. The van der Waals surface area contributed by atoms with Gasteiger partial charge in [0.05, 0.1) is 5.69 Å². The highest BCUT2D eigenvalue weighted by Gasteiger charge is 2.25. The minimum atomic E-state index is 0.195. The summed E-state index contributed by atoms with van der Waals surface area (Å²) in [5.74, 6) is 0.607. The summed E-state index contributed by atoms with van der Waals surface area (Å²) in [4.78, 5) is 8.64. The van der Waals surface area contributed by atoms with Gasteiger partial charge in [0.2, 0.25) is 0 Å². The molecule has 0 fully saturated rings. The first kappa shape index (κ1) is 14.9. The Morgan fingerprint density at radius 2 is 2.11 bits per heavy atom. The van der Waals surface area contributed by atoms with E-state index in [-0.39, 0.29) is 5.54 Å². The second-order valence-electron chi connectivity index (χ2n) is 6.87. The third kappa shape index (κ3) is 4.26. The Bertz CT molecular complexity index is 418. The van der Waals surface area contributed by atoms with Crippen LogP contribution in [0.15, 0.2) is 0 Å². The van der Waals surface area contributed by atoms with Gasteiger partial charge in [0, 0.05) is 29.4 Å². The monoisotopic (exact) mass is 281 g/mol. The Kier molecular flexibility index (Phi) is 4.64. The standard InChI is InChI=1S/C15H27N3S/c1-15(2,3)16-9-11-7-6-8-12-14(11)17-13(19-12)10-18(4)5/h11,16H,6-10H2,1-5H3. The van der Waals surface area contributed by atoms with Crippen LogP contribution < -0.4 is 5.32 Å². The van der Waals surface area contributed by atoms with Crippen molar-refractivity contribution < 1.29 is 0 Å². The van der Waals surface area contributed by atoms with Gasteiger partial charge < -0.3 is 10.2 Å². The van der Waals surface area contributed by atoms with E-state index in [1.165, 1.54) is 34.8 Å². The molecule has 3 nitrogen and oxygen atoms in total. The van der Waals surface area contributed by atoms with Gasteiger partial charge in [-0.3, -0.25) is 0 Å². The molecule has 1 heterocycles. The SMILES string of the molecule is CN(C)Cc1nc2c(s1)CCCC2CNC(C)(C)C. The van der Waals surface area contributed by atoms with Gasteiger partial charge in [0.15, 0.2) is 0 Å². The maximum Gasteiger partial charge on any atom is 0.107 e. The van der Waals surface area contributed by atoms with Crippen LogP contribution in [0, 0.1) is 0 Å². The summed E-state index contributed by atoms with van der Waals surface area (Å²) < 4.78 is 0. The van der Waals surface area contributed by atoms with Crippen molar-refractivity contribution in [3.05, 3.63) is 15.6 Å². The van der Waals surface area contributed by atoms with E-state index >= 15 is 0 Å². The molecule has 4 heteroatoms. The van der Waals surface area contributed by atoms with Crippen molar-refractivity contribution in [3.8, 4) is 0 Å². The quantitative estimate of drug-likeness (QED) is 0.919. The molecule has 1 aromatic heterocycles. The summed E-state index contributed by atoms with van der Waals surface area (Å²) in [6.07, 6.45) is 3.82. The molecular weight excluding hydrogens is 254 g/mol. The summed E-state index contributed by atoms with van der Waals surface area (Å²) in [6, 6.07) is 0. The molecule has 0 radical (unpaired) electrons. The van der Waals surface area contributed by atoms with Crippen LogP contribution in [-0.2, 0) is 13.0 Å². The predicted molar refractivity (Wildman–Crippen MR) is 82.9 cm³/mol. The molecule has 1 unspecified atom stereocenters. The Morgan fingerprint density at radius 3 is 2.74 bits per heavy atom. The van der Waals surface area contributed by atoms with Gasteiger partial charge in [0.1, 0.15) is 5.01 Å². The Labute approximate surface area is 121 Å². The molecule has 19 heavy (non-hydrogen) atoms. The highest BCUT2D eigenvalue weighted by molar-refractivity contribution is 7.11. The van der Waals surface area contributed by atoms with Crippen molar-refractivity contribution in [2.75, 3.05) is 20.6 Å². The molecule has 0 aliphatic heterocycles. The van der Waals surface area contributed by atoms with Crippen LogP contribution in [0.4, 0.5) is 0 Å². The molecule has 0 saturated heterocycles. The number of aromatic nitrogens is 1. The van der Waals surface area contributed by atoms with Gasteiger partial charge in [-0.2, -0.15) is 0 Å². The van der Waals surface area contributed by atoms with Gasteiger partial charge in [-0.1, -0.05) is 0 Å². The first-order chi connectivity index (χ1) is 8.85. The maximum absolute atomic E-state index is 4.91. The van der Waals surface area contributed by atoms with E-state index in [4.69, 9.17) is 4.98 Å². The van der Waals surface area contributed by atoms with Crippen molar-refractivity contribution >= 4 is 11.3 Å². The van der Waals surface area contributed by atoms with Gasteiger partial charge in [-0.15, -0.1) is 11.3 Å². The largest absolute Gasteiger partial charge is 0.311 e. The zero-order valence-electron chi connectivity index (χ0n) is 12.9. The average Bonchev–Trinajstić information content (AvgIpc) is 2.66. The zero-order chi connectivity index (χ0) is 14.0.